The van der Waals surface area contributed by atoms with E-state index < -0.39 is 0 Å². The van der Waals surface area contributed by atoms with Gasteiger partial charge >= 0.3 is 0 Å². The molecular formula is C25H38O. The minimum absolute atomic E-state index is 0.586. The van der Waals surface area contributed by atoms with Gasteiger partial charge in [-0.1, -0.05) is 52.0 Å². The van der Waals surface area contributed by atoms with E-state index in [9.17, 15) is 0 Å². The second-order valence-electron chi connectivity index (χ2n) is 8.01. The first-order valence-electron chi connectivity index (χ1n) is 9.90. The summed E-state index contributed by atoms with van der Waals surface area (Å²) in [7, 11) is 0. The van der Waals surface area contributed by atoms with Gasteiger partial charge in [-0.3, -0.25) is 0 Å². The van der Waals surface area contributed by atoms with E-state index in [4.69, 9.17) is 4.74 Å². The highest BCUT2D eigenvalue weighted by atomic mass is 16.5. The molecule has 0 aliphatic rings. The maximum Gasteiger partial charge on any atom is 0.125 e. The van der Waals surface area contributed by atoms with Crippen molar-refractivity contribution < 1.29 is 4.74 Å². The molecule has 0 radical (unpaired) electrons. The van der Waals surface area contributed by atoms with E-state index in [2.05, 4.69) is 86.6 Å². The molecule has 2 aromatic carbocycles. The Morgan fingerprint density at radius 1 is 0.654 bits per heavy atom. The maximum absolute atomic E-state index is 5.60. The van der Waals surface area contributed by atoms with Gasteiger partial charge in [0.2, 0.25) is 0 Å². The van der Waals surface area contributed by atoms with Crippen molar-refractivity contribution in [2.75, 3.05) is 6.61 Å². The molecule has 0 N–H and O–H groups in total. The van der Waals surface area contributed by atoms with Crippen LogP contribution in [0.25, 0.3) is 0 Å². The minimum Gasteiger partial charge on any atom is -0.493 e. The first kappa shape index (κ1) is 22.3. The Kier molecular flexibility index (Phi) is 8.40. The molecule has 2 rings (SSSR count). The van der Waals surface area contributed by atoms with Crippen molar-refractivity contribution in [3.8, 4) is 5.75 Å². The van der Waals surface area contributed by atoms with Crippen LogP contribution in [0.1, 0.15) is 85.4 Å². The van der Waals surface area contributed by atoms with Gasteiger partial charge in [0.1, 0.15) is 5.75 Å². The van der Waals surface area contributed by atoms with E-state index in [0.29, 0.717) is 11.8 Å². The highest BCUT2D eigenvalue weighted by molar-refractivity contribution is 5.44. The van der Waals surface area contributed by atoms with E-state index in [1.54, 1.807) is 0 Å². The third kappa shape index (κ3) is 5.90. The largest absolute Gasteiger partial charge is 0.493 e. The summed E-state index contributed by atoms with van der Waals surface area (Å²) in [5.74, 6) is 2.28. The Labute approximate surface area is 161 Å². The summed E-state index contributed by atoms with van der Waals surface area (Å²) >= 11 is 0. The van der Waals surface area contributed by atoms with Gasteiger partial charge in [-0.2, -0.15) is 0 Å². The quantitative estimate of drug-likeness (QED) is 0.550. The molecule has 0 amide bonds. The van der Waals surface area contributed by atoms with E-state index in [1.807, 2.05) is 6.92 Å². The predicted molar refractivity (Wildman–Crippen MR) is 116 cm³/mol. The Hall–Kier alpha value is -1.76. The topological polar surface area (TPSA) is 9.23 Å². The van der Waals surface area contributed by atoms with Crippen LogP contribution in [0.3, 0.4) is 0 Å². The van der Waals surface area contributed by atoms with Crippen molar-refractivity contribution in [2.24, 2.45) is 0 Å². The Morgan fingerprint density at radius 3 is 1.31 bits per heavy atom. The number of benzene rings is 2. The number of aryl methyl sites for hydroxylation is 4. The molecule has 0 saturated heterocycles. The monoisotopic (exact) mass is 354 g/mol. The second-order valence-corrected chi connectivity index (χ2v) is 8.01. The number of rotatable bonds is 4. The fourth-order valence-corrected chi connectivity index (χ4v) is 3.09. The molecule has 1 heteroatoms. The lowest BCUT2D eigenvalue weighted by molar-refractivity contribution is 0.335. The van der Waals surface area contributed by atoms with Gasteiger partial charge in [-0.15, -0.1) is 0 Å². The lowest BCUT2D eigenvalue weighted by Gasteiger charge is -2.14. The van der Waals surface area contributed by atoms with Crippen LogP contribution in [0.2, 0.25) is 0 Å². The van der Waals surface area contributed by atoms with E-state index in [-0.39, 0.29) is 0 Å². The zero-order valence-corrected chi connectivity index (χ0v) is 18.6. The normalized spacial score (nSPS) is 10.8. The molecule has 0 aromatic heterocycles. The molecule has 0 fully saturated rings. The highest BCUT2D eigenvalue weighted by Gasteiger charge is 2.07. The van der Waals surface area contributed by atoms with Crippen LogP contribution >= 0.6 is 0 Å². The zero-order valence-electron chi connectivity index (χ0n) is 18.6. The van der Waals surface area contributed by atoms with Gasteiger partial charge in [0, 0.05) is 0 Å². The summed E-state index contributed by atoms with van der Waals surface area (Å²) in [4.78, 5) is 0. The number of hydrogen-bond donors (Lipinski definition) is 0. The van der Waals surface area contributed by atoms with Crippen molar-refractivity contribution in [3.63, 3.8) is 0 Å². The first-order valence-corrected chi connectivity index (χ1v) is 9.90. The molecule has 0 spiro atoms. The lowest BCUT2D eigenvalue weighted by Crippen LogP contribution is -1.99. The van der Waals surface area contributed by atoms with Gasteiger partial charge in [-0.25, -0.2) is 0 Å². The van der Waals surface area contributed by atoms with E-state index in [1.165, 1.54) is 38.9 Å². The molecule has 1 nitrogen and oxygen atoms in total. The van der Waals surface area contributed by atoms with Crippen molar-refractivity contribution in [2.45, 2.75) is 81.1 Å². The number of hydrogen-bond acceptors (Lipinski definition) is 1. The van der Waals surface area contributed by atoms with Crippen LogP contribution in [-0.4, -0.2) is 6.61 Å². The van der Waals surface area contributed by atoms with Crippen LogP contribution in [0.15, 0.2) is 24.3 Å². The summed E-state index contributed by atoms with van der Waals surface area (Å²) in [5.41, 5.74) is 9.60. The first-order chi connectivity index (χ1) is 12.1. The van der Waals surface area contributed by atoms with Crippen molar-refractivity contribution in [3.05, 3.63) is 63.2 Å². The summed E-state index contributed by atoms with van der Waals surface area (Å²) in [5, 5.41) is 0. The standard InChI is InChI=1S/C13H20O.C12H18/c1-6-14-13-10(4)7-12(9(2)3)8-11(13)5;1-8(2)12-6-9(3)11(5)10(4)7-12/h7-9H,6H2,1-5H3;6-8H,1-5H3. The Morgan fingerprint density at radius 2 is 1.00 bits per heavy atom. The lowest BCUT2D eigenvalue weighted by atomic mass is 9.95. The molecule has 0 aliphatic carbocycles. The molecule has 26 heavy (non-hydrogen) atoms. The van der Waals surface area contributed by atoms with Gasteiger partial charge < -0.3 is 4.74 Å². The SMILES string of the molecule is CCOc1c(C)cc(C(C)C)cc1C.Cc1cc(C(C)C)cc(C)c1C. The van der Waals surface area contributed by atoms with Crippen LogP contribution < -0.4 is 4.74 Å². The van der Waals surface area contributed by atoms with Crippen molar-refractivity contribution in [1.29, 1.82) is 0 Å². The Balaban J connectivity index is 0.000000263. The average molecular weight is 355 g/mol. The fourth-order valence-electron chi connectivity index (χ4n) is 3.09. The Bertz CT molecular complexity index is 677. The second kappa shape index (κ2) is 9.80. The van der Waals surface area contributed by atoms with Crippen LogP contribution in [-0.2, 0) is 0 Å². The molecule has 0 aliphatic heterocycles. The van der Waals surface area contributed by atoms with Gasteiger partial charge in [0.15, 0.2) is 0 Å². The molecule has 144 valence electrons. The molecule has 0 unspecified atom stereocenters. The fraction of sp³-hybridized carbons (Fsp3) is 0.520. The smallest absolute Gasteiger partial charge is 0.125 e. The van der Waals surface area contributed by atoms with E-state index >= 15 is 0 Å². The van der Waals surface area contributed by atoms with Crippen LogP contribution in [0.4, 0.5) is 0 Å². The summed E-state index contributed by atoms with van der Waals surface area (Å²) in [6, 6.07) is 9.05. The van der Waals surface area contributed by atoms with Crippen LogP contribution in [0, 0.1) is 34.6 Å². The minimum atomic E-state index is 0.586. The predicted octanol–water partition coefficient (Wildman–Crippen LogP) is 7.56. The zero-order chi connectivity index (χ0) is 20.0. The molecule has 0 bridgehead atoms. The summed E-state index contributed by atoms with van der Waals surface area (Å²) in [6.45, 7) is 22.5. The molecule has 0 atom stereocenters. The summed E-state index contributed by atoms with van der Waals surface area (Å²) < 4.78 is 5.60. The molecule has 2 aromatic rings. The van der Waals surface area contributed by atoms with Crippen molar-refractivity contribution >= 4 is 0 Å². The van der Waals surface area contributed by atoms with Crippen LogP contribution in [0.5, 0.6) is 5.75 Å². The maximum atomic E-state index is 5.60. The van der Waals surface area contributed by atoms with Gasteiger partial charge in [0.25, 0.3) is 0 Å². The number of ether oxygens (including phenoxy) is 1. The third-order valence-electron chi connectivity index (χ3n) is 5.05. The third-order valence-corrected chi connectivity index (χ3v) is 5.05. The van der Waals surface area contributed by atoms with Gasteiger partial charge in [0.05, 0.1) is 6.61 Å². The average Bonchev–Trinajstić information content (AvgIpc) is 2.55. The molecular weight excluding hydrogens is 316 g/mol. The molecule has 0 saturated carbocycles. The highest BCUT2D eigenvalue weighted by Crippen LogP contribution is 2.28. The molecule has 0 heterocycles. The van der Waals surface area contributed by atoms with E-state index in [0.717, 1.165) is 12.4 Å². The van der Waals surface area contributed by atoms with Crippen molar-refractivity contribution in [1.82, 2.24) is 0 Å². The summed E-state index contributed by atoms with van der Waals surface area (Å²) in [6.07, 6.45) is 0. The van der Waals surface area contributed by atoms with Gasteiger partial charge in [-0.05, 0) is 92.3 Å².